The van der Waals surface area contributed by atoms with Crippen LogP contribution in [-0.2, 0) is 4.74 Å². The zero-order chi connectivity index (χ0) is 14.0. The summed E-state index contributed by atoms with van der Waals surface area (Å²) in [6.07, 6.45) is 0. The largest absolute Gasteiger partial charge is 0.478 e. The first kappa shape index (κ1) is 13.3. The second-order valence-electron chi connectivity index (χ2n) is 4.38. The minimum atomic E-state index is -1.18. The first-order valence-electron chi connectivity index (χ1n) is 5.87. The molecule has 1 heterocycles. The summed E-state index contributed by atoms with van der Waals surface area (Å²) in [4.78, 5) is 23.3. The Morgan fingerprint density at radius 2 is 2.32 bits per heavy atom. The van der Waals surface area contributed by atoms with Crippen molar-refractivity contribution in [2.45, 2.75) is 13.0 Å². The number of aromatic carboxylic acids is 1. The summed E-state index contributed by atoms with van der Waals surface area (Å²) in [6.45, 7) is 3.46. The number of rotatable bonds is 3. The maximum Gasteiger partial charge on any atom is 0.335 e. The molecule has 1 fully saturated rings. The molecule has 7 heteroatoms. The van der Waals surface area contributed by atoms with Gasteiger partial charge in [0, 0.05) is 18.7 Å². The van der Waals surface area contributed by atoms with Crippen molar-refractivity contribution < 1.29 is 19.6 Å². The maximum atomic E-state index is 11.1. The molecule has 0 aromatic heterocycles. The average Bonchev–Trinajstić information content (AvgIpc) is 2.38. The zero-order valence-corrected chi connectivity index (χ0v) is 10.4. The van der Waals surface area contributed by atoms with Gasteiger partial charge in [-0.05, 0) is 19.1 Å². The third-order valence-corrected chi connectivity index (χ3v) is 3.10. The number of carbonyl (C=O) groups is 1. The van der Waals surface area contributed by atoms with E-state index in [2.05, 4.69) is 0 Å². The fourth-order valence-corrected chi connectivity index (χ4v) is 2.13. The van der Waals surface area contributed by atoms with Gasteiger partial charge in [0.15, 0.2) is 0 Å². The van der Waals surface area contributed by atoms with Crippen LogP contribution in [0, 0.1) is 10.1 Å². The lowest BCUT2D eigenvalue weighted by molar-refractivity contribution is -0.384. The molecule has 1 saturated heterocycles. The lowest BCUT2D eigenvalue weighted by Gasteiger charge is -2.34. The van der Waals surface area contributed by atoms with E-state index in [1.54, 1.807) is 0 Å². The van der Waals surface area contributed by atoms with Crippen molar-refractivity contribution in [3.8, 4) is 0 Å². The summed E-state index contributed by atoms with van der Waals surface area (Å²) in [5.74, 6) is -1.18. The maximum absolute atomic E-state index is 11.1. The molecule has 19 heavy (non-hydrogen) atoms. The van der Waals surface area contributed by atoms with Crippen LogP contribution in [0.15, 0.2) is 18.2 Å². The fraction of sp³-hybridized carbons (Fsp3) is 0.417. The van der Waals surface area contributed by atoms with Gasteiger partial charge in [0.25, 0.3) is 5.69 Å². The van der Waals surface area contributed by atoms with E-state index >= 15 is 0 Å². The number of carboxylic acid groups (broad SMARTS) is 1. The highest BCUT2D eigenvalue weighted by molar-refractivity contribution is 5.89. The number of hydrogen-bond acceptors (Lipinski definition) is 5. The molecule has 0 radical (unpaired) electrons. The van der Waals surface area contributed by atoms with Crippen molar-refractivity contribution in [1.82, 2.24) is 0 Å². The number of nitro benzene ring substituents is 1. The first-order chi connectivity index (χ1) is 9.00. The van der Waals surface area contributed by atoms with E-state index in [4.69, 9.17) is 9.84 Å². The van der Waals surface area contributed by atoms with Crippen LogP contribution >= 0.6 is 0 Å². The predicted octanol–water partition coefficient (Wildman–Crippen LogP) is 1.52. The lowest BCUT2D eigenvalue weighted by Crippen LogP contribution is -2.44. The van der Waals surface area contributed by atoms with Gasteiger partial charge in [-0.3, -0.25) is 10.1 Å². The van der Waals surface area contributed by atoms with E-state index in [9.17, 15) is 14.9 Å². The van der Waals surface area contributed by atoms with Crippen molar-refractivity contribution in [2.75, 3.05) is 24.7 Å². The van der Waals surface area contributed by atoms with Crippen LogP contribution in [-0.4, -0.2) is 41.8 Å². The summed E-state index contributed by atoms with van der Waals surface area (Å²) in [5.41, 5.74) is 0.163. The Balaban J connectivity index is 2.44. The molecule has 102 valence electrons. The Morgan fingerprint density at radius 3 is 2.89 bits per heavy atom. The van der Waals surface area contributed by atoms with E-state index in [-0.39, 0.29) is 17.3 Å². The van der Waals surface area contributed by atoms with E-state index in [1.165, 1.54) is 12.1 Å². The molecule has 0 amide bonds. The normalized spacial score (nSPS) is 19.2. The molecular formula is C12H14N2O5. The minimum absolute atomic E-state index is 0.0168. The van der Waals surface area contributed by atoms with E-state index in [0.717, 1.165) is 6.07 Å². The summed E-state index contributed by atoms with van der Waals surface area (Å²) in [7, 11) is 0. The number of carboxylic acids is 1. The highest BCUT2D eigenvalue weighted by Gasteiger charge is 2.26. The quantitative estimate of drug-likeness (QED) is 0.658. The molecular weight excluding hydrogens is 252 g/mol. The van der Waals surface area contributed by atoms with Crippen LogP contribution in [0.4, 0.5) is 11.4 Å². The smallest absolute Gasteiger partial charge is 0.335 e. The van der Waals surface area contributed by atoms with Gasteiger partial charge < -0.3 is 14.7 Å². The number of nitro groups is 1. The molecule has 1 N–H and O–H groups in total. The molecule has 0 aliphatic carbocycles. The van der Waals surface area contributed by atoms with Gasteiger partial charge in [0.2, 0.25) is 0 Å². The van der Waals surface area contributed by atoms with Gasteiger partial charge in [0.1, 0.15) is 5.69 Å². The molecule has 0 bridgehead atoms. The topological polar surface area (TPSA) is 92.9 Å². The van der Waals surface area contributed by atoms with Gasteiger partial charge in [-0.1, -0.05) is 0 Å². The van der Waals surface area contributed by atoms with Gasteiger partial charge in [-0.2, -0.15) is 0 Å². The Labute approximate surface area is 109 Å². The highest BCUT2D eigenvalue weighted by atomic mass is 16.6. The number of ether oxygens (including phenoxy) is 1. The second kappa shape index (κ2) is 5.23. The molecule has 7 nitrogen and oxygen atoms in total. The molecule has 1 aromatic carbocycles. The number of benzene rings is 1. The lowest BCUT2D eigenvalue weighted by atomic mass is 10.1. The van der Waals surface area contributed by atoms with E-state index in [1.807, 2.05) is 11.8 Å². The molecule has 0 saturated carbocycles. The number of morpholine rings is 1. The van der Waals surface area contributed by atoms with E-state index in [0.29, 0.717) is 25.4 Å². The van der Waals surface area contributed by atoms with Crippen LogP contribution in [0.25, 0.3) is 0 Å². The Bertz CT molecular complexity index is 517. The highest BCUT2D eigenvalue weighted by Crippen LogP contribution is 2.31. The molecule has 1 aliphatic heterocycles. The standard InChI is InChI=1S/C12H14N2O5/c1-8-7-19-5-4-13(8)10-3-2-9(12(15)16)6-11(10)14(17)18/h2-3,6,8H,4-5,7H2,1H3,(H,15,16). The first-order valence-corrected chi connectivity index (χ1v) is 5.87. The molecule has 2 rings (SSSR count). The van der Waals surface area contributed by atoms with Crippen molar-refractivity contribution in [2.24, 2.45) is 0 Å². The molecule has 1 atom stereocenters. The summed E-state index contributed by atoms with van der Waals surface area (Å²) in [5, 5.41) is 20.0. The SMILES string of the molecule is CC1COCCN1c1ccc(C(=O)O)cc1[N+](=O)[O-]. The minimum Gasteiger partial charge on any atom is -0.478 e. The number of hydrogen-bond donors (Lipinski definition) is 1. The van der Waals surface area contributed by atoms with Gasteiger partial charge in [0.05, 0.1) is 23.7 Å². The predicted molar refractivity (Wildman–Crippen MR) is 67.7 cm³/mol. The monoisotopic (exact) mass is 266 g/mol. The Kier molecular flexibility index (Phi) is 3.66. The van der Waals surface area contributed by atoms with Crippen molar-refractivity contribution in [1.29, 1.82) is 0 Å². The third kappa shape index (κ3) is 2.65. The van der Waals surface area contributed by atoms with Crippen molar-refractivity contribution in [3.05, 3.63) is 33.9 Å². The number of anilines is 1. The van der Waals surface area contributed by atoms with Gasteiger partial charge in [-0.25, -0.2) is 4.79 Å². The van der Waals surface area contributed by atoms with E-state index < -0.39 is 10.9 Å². The average molecular weight is 266 g/mol. The molecule has 1 aliphatic rings. The molecule has 1 aromatic rings. The third-order valence-electron chi connectivity index (χ3n) is 3.10. The van der Waals surface area contributed by atoms with Crippen LogP contribution in [0.1, 0.15) is 17.3 Å². The molecule has 0 spiro atoms. The van der Waals surface area contributed by atoms with Gasteiger partial charge >= 0.3 is 5.97 Å². The summed E-state index contributed by atoms with van der Waals surface area (Å²) in [6, 6.07) is 3.99. The van der Waals surface area contributed by atoms with Crippen LogP contribution in [0.3, 0.4) is 0 Å². The summed E-state index contributed by atoms with van der Waals surface area (Å²) >= 11 is 0. The Hall–Kier alpha value is -2.15. The van der Waals surface area contributed by atoms with Crippen molar-refractivity contribution in [3.63, 3.8) is 0 Å². The van der Waals surface area contributed by atoms with Crippen molar-refractivity contribution >= 4 is 17.3 Å². The van der Waals surface area contributed by atoms with Crippen LogP contribution < -0.4 is 4.90 Å². The summed E-state index contributed by atoms with van der Waals surface area (Å²) < 4.78 is 5.29. The van der Waals surface area contributed by atoms with Gasteiger partial charge in [-0.15, -0.1) is 0 Å². The van der Waals surface area contributed by atoms with Crippen LogP contribution in [0.2, 0.25) is 0 Å². The number of nitrogens with zero attached hydrogens (tertiary/aromatic N) is 2. The van der Waals surface area contributed by atoms with Crippen LogP contribution in [0.5, 0.6) is 0 Å². The second-order valence-corrected chi connectivity index (χ2v) is 4.38. The fourth-order valence-electron chi connectivity index (χ4n) is 2.13. The Morgan fingerprint density at radius 1 is 1.58 bits per heavy atom. The molecule has 1 unspecified atom stereocenters. The zero-order valence-electron chi connectivity index (χ0n) is 10.4.